The van der Waals surface area contributed by atoms with Crippen LogP contribution in [0.2, 0.25) is 0 Å². The highest BCUT2D eigenvalue weighted by Gasteiger charge is 2.07. The molecule has 0 spiro atoms. The van der Waals surface area contributed by atoms with Gasteiger partial charge in [-0.05, 0) is 24.6 Å². The molecule has 2 aromatic rings. The molecular weight excluding hydrogens is 282 g/mol. The first-order valence-electron chi connectivity index (χ1n) is 5.49. The zero-order chi connectivity index (χ0) is 12.3. The van der Waals surface area contributed by atoms with Gasteiger partial charge in [-0.2, -0.15) is 0 Å². The highest BCUT2D eigenvalue weighted by Crippen LogP contribution is 2.15. The molecule has 0 saturated carbocycles. The molecule has 0 bridgehead atoms. The van der Waals surface area contributed by atoms with E-state index >= 15 is 0 Å². The van der Waals surface area contributed by atoms with E-state index in [1.165, 1.54) is 0 Å². The first-order chi connectivity index (χ1) is 8.13. The number of nitrogens with zero attached hydrogens (tertiary/aromatic N) is 1. The quantitative estimate of drug-likeness (QED) is 0.943. The smallest absolute Gasteiger partial charge is 0.198 e. The summed E-state index contributed by atoms with van der Waals surface area (Å²) in [5.74, 6) is 0.679. The van der Waals surface area contributed by atoms with E-state index in [9.17, 15) is 5.11 Å². The Kier molecular flexibility index (Phi) is 3.97. The van der Waals surface area contributed by atoms with Crippen molar-refractivity contribution in [1.82, 2.24) is 4.98 Å². The van der Waals surface area contributed by atoms with E-state index in [4.69, 9.17) is 4.42 Å². The van der Waals surface area contributed by atoms with E-state index in [1.807, 2.05) is 24.3 Å². The van der Waals surface area contributed by atoms with Gasteiger partial charge in [-0.25, -0.2) is 4.98 Å². The summed E-state index contributed by atoms with van der Waals surface area (Å²) < 4.78 is 6.42. The molecule has 3 nitrogen and oxygen atoms in total. The maximum atomic E-state index is 9.25. The topological polar surface area (TPSA) is 46.3 Å². The highest BCUT2D eigenvalue weighted by molar-refractivity contribution is 9.10. The number of hydrogen-bond donors (Lipinski definition) is 1. The number of aliphatic hydroxyl groups excluding tert-OH is 1. The molecule has 1 unspecified atom stereocenters. The summed E-state index contributed by atoms with van der Waals surface area (Å²) in [7, 11) is 0. The highest BCUT2D eigenvalue weighted by atomic mass is 79.9. The molecule has 0 aliphatic carbocycles. The van der Waals surface area contributed by atoms with Crippen molar-refractivity contribution in [3.63, 3.8) is 0 Å². The van der Waals surface area contributed by atoms with Gasteiger partial charge in [0.15, 0.2) is 5.89 Å². The van der Waals surface area contributed by atoms with Crippen LogP contribution in [0, 0.1) is 0 Å². The molecule has 4 heteroatoms. The predicted octanol–water partition coefficient (Wildman–Crippen LogP) is 2.95. The average Bonchev–Trinajstić information content (AvgIpc) is 2.64. The van der Waals surface area contributed by atoms with Crippen LogP contribution in [0.4, 0.5) is 0 Å². The number of aromatic nitrogens is 1. The van der Waals surface area contributed by atoms with Gasteiger partial charge in [-0.15, -0.1) is 0 Å². The summed E-state index contributed by atoms with van der Waals surface area (Å²) in [6.07, 6.45) is 2.42. The second-order valence-corrected chi connectivity index (χ2v) is 5.01. The molecule has 0 radical (unpaired) electrons. The van der Waals surface area contributed by atoms with Crippen molar-refractivity contribution < 1.29 is 9.52 Å². The van der Waals surface area contributed by atoms with Gasteiger partial charge in [0, 0.05) is 17.3 Å². The summed E-state index contributed by atoms with van der Waals surface area (Å²) in [5, 5.41) is 9.25. The van der Waals surface area contributed by atoms with Gasteiger partial charge in [0.2, 0.25) is 0 Å². The fraction of sp³-hybridized carbons (Fsp3) is 0.308. The molecule has 0 saturated heterocycles. The van der Waals surface area contributed by atoms with Crippen molar-refractivity contribution >= 4 is 15.9 Å². The summed E-state index contributed by atoms with van der Waals surface area (Å²) >= 11 is 3.43. The number of aliphatic hydroxyl groups is 1. The predicted molar refractivity (Wildman–Crippen MR) is 68.8 cm³/mol. The van der Waals surface area contributed by atoms with Crippen molar-refractivity contribution in [3.05, 3.63) is 52.1 Å². The third kappa shape index (κ3) is 3.68. The van der Waals surface area contributed by atoms with Gasteiger partial charge in [-0.3, -0.25) is 0 Å². The number of oxazole rings is 1. The van der Waals surface area contributed by atoms with Crippen molar-refractivity contribution in [3.8, 4) is 0 Å². The zero-order valence-corrected chi connectivity index (χ0v) is 11.1. The number of hydrogen-bond acceptors (Lipinski definition) is 3. The molecule has 17 heavy (non-hydrogen) atoms. The van der Waals surface area contributed by atoms with E-state index < -0.39 is 0 Å². The van der Waals surface area contributed by atoms with E-state index in [1.54, 1.807) is 13.2 Å². The summed E-state index contributed by atoms with van der Waals surface area (Å²) in [6, 6.07) is 8.04. The van der Waals surface area contributed by atoms with Crippen molar-refractivity contribution in [2.45, 2.75) is 25.9 Å². The number of halogens is 1. The summed E-state index contributed by atoms with van der Waals surface area (Å²) in [6.45, 7) is 1.74. The monoisotopic (exact) mass is 295 g/mol. The van der Waals surface area contributed by atoms with Crippen molar-refractivity contribution in [2.24, 2.45) is 0 Å². The third-order valence-electron chi connectivity index (χ3n) is 2.35. The molecular formula is C13H14BrNO2. The standard InChI is InChI=1S/C13H14BrNO2/c1-9(16)5-12-8-17-13(15-12)7-10-3-2-4-11(14)6-10/h2-4,6,8-9,16H,5,7H2,1H3. The molecule has 0 fully saturated rings. The lowest BCUT2D eigenvalue weighted by molar-refractivity contribution is 0.194. The van der Waals surface area contributed by atoms with E-state index in [2.05, 4.69) is 20.9 Å². The van der Waals surface area contributed by atoms with Crippen molar-refractivity contribution in [1.29, 1.82) is 0 Å². The Bertz CT molecular complexity index is 494. The maximum Gasteiger partial charge on any atom is 0.198 e. The maximum absolute atomic E-state index is 9.25. The lowest BCUT2D eigenvalue weighted by Crippen LogP contribution is -2.04. The van der Waals surface area contributed by atoms with Gasteiger partial charge in [0.1, 0.15) is 6.26 Å². The van der Waals surface area contributed by atoms with Crippen LogP contribution < -0.4 is 0 Å². The van der Waals surface area contributed by atoms with Gasteiger partial charge < -0.3 is 9.52 Å². The van der Waals surface area contributed by atoms with Crippen LogP contribution in [-0.4, -0.2) is 16.2 Å². The molecule has 90 valence electrons. The SMILES string of the molecule is CC(O)Cc1coc(Cc2cccc(Br)c2)n1. The Labute approximate surface area is 109 Å². The summed E-state index contributed by atoms with van der Waals surface area (Å²) in [4.78, 5) is 4.33. The van der Waals surface area contributed by atoms with Gasteiger partial charge >= 0.3 is 0 Å². The molecule has 1 N–H and O–H groups in total. The number of rotatable bonds is 4. The largest absolute Gasteiger partial charge is 0.448 e. The van der Waals surface area contributed by atoms with E-state index in [0.29, 0.717) is 18.7 Å². The van der Waals surface area contributed by atoms with Gasteiger partial charge in [0.05, 0.1) is 11.8 Å². The molecule has 1 aromatic heterocycles. The van der Waals surface area contributed by atoms with Crippen LogP contribution in [0.25, 0.3) is 0 Å². The minimum absolute atomic E-state index is 0.390. The van der Waals surface area contributed by atoms with E-state index in [-0.39, 0.29) is 6.10 Å². The average molecular weight is 296 g/mol. The van der Waals surface area contributed by atoms with E-state index in [0.717, 1.165) is 15.7 Å². The van der Waals surface area contributed by atoms with Crippen LogP contribution >= 0.6 is 15.9 Å². The molecule has 0 amide bonds. The Morgan fingerprint density at radius 1 is 1.47 bits per heavy atom. The molecule has 1 heterocycles. The van der Waals surface area contributed by atoms with Gasteiger partial charge in [-0.1, -0.05) is 28.1 Å². The Balaban J connectivity index is 2.06. The lowest BCUT2D eigenvalue weighted by atomic mass is 10.1. The normalized spacial score (nSPS) is 12.6. The third-order valence-corrected chi connectivity index (χ3v) is 2.84. The van der Waals surface area contributed by atoms with Crippen LogP contribution in [-0.2, 0) is 12.8 Å². The molecule has 0 aliphatic heterocycles. The Hall–Kier alpha value is -1.13. The fourth-order valence-corrected chi connectivity index (χ4v) is 2.09. The van der Waals surface area contributed by atoms with Crippen LogP contribution in [0.15, 0.2) is 39.4 Å². The van der Waals surface area contributed by atoms with Crippen LogP contribution in [0.1, 0.15) is 24.1 Å². The minimum Gasteiger partial charge on any atom is -0.448 e. The molecule has 0 aliphatic rings. The lowest BCUT2D eigenvalue weighted by Gasteiger charge is -1.98. The van der Waals surface area contributed by atoms with Crippen LogP contribution in [0.3, 0.4) is 0 Å². The first kappa shape index (κ1) is 12.3. The minimum atomic E-state index is -0.390. The Morgan fingerprint density at radius 2 is 2.29 bits per heavy atom. The number of benzene rings is 1. The molecule has 2 rings (SSSR count). The first-order valence-corrected chi connectivity index (χ1v) is 6.28. The summed E-state index contributed by atoms with van der Waals surface area (Å²) in [5.41, 5.74) is 1.94. The van der Waals surface area contributed by atoms with Gasteiger partial charge in [0.25, 0.3) is 0 Å². The molecule has 1 aromatic carbocycles. The second-order valence-electron chi connectivity index (χ2n) is 4.09. The second kappa shape index (κ2) is 5.47. The Morgan fingerprint density at radius 3 is 3.00 bits per heavy atom. The molecule has 1 atom stereocenters. The fourth-order valence-electron chi connectivity index (χ4n) is 1.65. The van der Waals surface area contributed by atoms with Crippen molar-refractivity contribution in [2.75, 3.05) is 0 Å². The van der Waals surface area contributed by atoms with Crippen LogP contribution in [0.5, 0.6) is 0 Å². The zero-order valence-electron chi connectivity index (χ0n) is 9.56.